The number of nitrogens with one attached hydrogen (secondary N) is 1. The van der Waals surface area contributed by atoms with Crippen LogP contribution in [0.3, 0.4) is 0 Å². The molecule has 2 aromatic rings. The number of ether oxygens (including phenoxy) is 3. The fourth-order valence-corrected chi connectivity index (χ4v) is 1.69. The molecule has 0 aliphatic rings. The number of nitrogen functional groups attached to an aromatic ring is 1. The molecule has 0 aliphatic carbocycles. The Morgan fingerprint density at radius 3 is 2.48 bits per heavy atom. The van der Waals surface area contributed by atoms with Gasteiger partial charge in [0.2, 0.25) is 5.88 Å². The van der Waals surface area contributed by atoms with Crippen LogP contribution in [0.15, 0.2) is 30.3 Å². The quantitative estimate of drug-likeness (QED) is 0.589. The third kappa shape index (κ3) is 4.30. The van der Waals surface area contributed by atoms with E-state index < -0.39 is 0 Å². The SMILES string of the molecule is COCc1nc(NN)cc(OCc2ccc(OC)cc2)n1. The minimum atomic E-state index is 0.286. The van der Waals surface area contributed by atoms with Gasteiger partial charge >= 0.3 is 0 Å². The summed E-state index contributed by atoms with van der Waals surface area (Å²) in [5.74, 6) is 7.58. The zero-order valence-corrected chi connectivity index (χ0v) is 12.0. The molecular formula is C14H18N4O3. The summed E-state index contributed by atoms with van der Waals surface area (Å²) >= 11 is 0. The molecule has 0 bridgehead atoms. The highest BCUT2D eigenvalue weighted by molar-refractivity contribution is 5.37. The highest BCUT2D eigenvalue weighted by Gasteiger charge is 2.05. The second-order valence-corrected chi connectivity index (χ2v) is 4.22. The van der Waals surface area contributed by atoms with Crippen LogP contribution in [0.2, 0.25) is 0 Å². The Morgan fingerprint density at radius 2 is 1.86 bits per heavy atom. The van der Waals surface area contributed by atoms with Crippen molar-refractivity contribution in [2.75, 3.05) is 19.6 Å². The third-order valence-electron chi connectivity index (χ3n) is 2.72. The van der Waals surface area contributed by atoms with E-state index in [4.69, 9.17) is 20.1 Å². The number of anilines is 1. The first kappa shape index (κ1) is 15.0. The number of hydrogen-bond acceptors (Lipinski definition) is 7. The van der Waals surface area contributed by atoms with Gasteiger partial charge in [-0.3, -0.25) is 0 Å². The molecule has 0 unspecified atom stereocenters. The number of aromatic nitrogens is 2. The van der Waals surface area contributed by atoms with E-state index in [0.717, 1.165) is 11.3 Å². The van der Waals surface area contributed by atoms with Gasteiger partial charge in [0.1, 0.15) is 24.8 Å². The van der Waals surface area contributed by atoms with Gasteiger partial charge in [0, 0.05) is 13.2 Å². The summed E-state index contributed by atoms with van der Waals surface area (Å²) in [6, 6.07) is 9.24. The van der Waals surface area contributed by atoms with Gasteiger partial charge in [-0.15, -0.1) is 0 Å². The standard InChI is InChI=1S/C14H18N4O3/c1-19-9-13-16-12(18-15)7-14(17-13)21-8-10-3-5-11(20-2)6-4-10/h3-7H,8-9,15H2,1-2H3,(H,16,17,18). The van der Waals surface area contributed by atoms with E-state index in [0.29, 0.717) is 24.1 Å². The molecule has 3 N–H and O–H groups in total. The third-order valence-corrected chi connectivity index (χ3v) is 2.72. The van der Waals surface area contributed by atoms with E-state index in [1.807, 2.05) is 24.3 Å². The Kier molecular flexibility index (Phi) is 5.30. The number of hydrazine groups is 1. The zero-order valence-electron chi connectivity index (χ0n) is 12.0. The van der Waals surface area contributed by atoms with Gasteiger partial charge in [-0.05, 0) is 17.7 Å². The van der Waals surface area contributed by atoms with Crippen LogP contribution in [0, 0.1) is 0 Å². The first-order valence-corrected chi connectivity index (χ1v) is 6.34. The number of benzene rings is 1. The largest absolute Gasteiger partial charge is 0.497 e. The topological polar surface area (TPSA) is 91.5 Å². The highest BCUT2D eigenvalue weighted by Crippen LogP contribution is 2.16. The Bertz CT molecular complexity index is 575. The van der Waals surface area contributed by atoms with Crippen molar-refractivity contribution in [2.45, 2.75) is 13.2 Å². The van der Waals surface area contributed by atoms with Gasteiger partial charge < -0.3 is 19.6 Å². The Hall–Kier alpha value is -2.38. The smallest absolute Gasteiger partial charge is 0.219 e. The van der Waals surface area contributed by atoms with Crippen LogP contribution in [-0.4, -0.2) is 24.2 Å². The zero-order chi connectivity index (χ0) is 15.1. The van der Waals surface area contributed by atoms with Crippen molar-refractivity contribution in [2.24, 2.45) is 5.84 Å². The number of hydrogen-bond donors (Lipinski definition) is 2. The molecular weight excluding hydrogens is 272 g/mol. The van der Waals surface area contributed by atoms with Crippen LogP contribution in [0.5, 0.6) is 11.6 Å². The Labute approximate surface area is 123 Å². The second kappa shape index (κ2) is 7.41. The maximum atomic E-state index is 5.65. The van der Waals surface area contributed by atoms with E-state index in [1.165, 1.54) is 0 Å². The van der Waals surface area contributed by atoms with Gasteiger partial charge in [0.15, 0.2) is 5.82 Å². The molecule has 21 heavy (non-hydrogen) atoms. The number of nitrogens with two attached hydrogens (primary N) is 1. The molecule has 0 fully saturated rings. The van der Waals surface area contributed by atoms with Gasteiger partial charge in [-0.1, -0.05) is 12.1 Å². The molecule has 0 aliphatic heterocycles. The maximum absolute atomic E-state index is 5.65. The first-order chi connectivity index (χ1) is 10.2. The van der Waals surface area contributed by atoms with E-state index in [2.05, 4.69) is 15.4 Å². The summed E-state index contributed by atoms with van der Waals surface area (Å²) < 4.78 is 15.8. The van der Waals surface area contributed by atoms with Gasteiger partial charge in [-0.25, -0.2) is 10.8 Å². The predicted octanol–water partition coefficient (Wildman–Crippen LogP) is 1.50. The lowest BCUT2D eigenvalue weighted by molar-refractivity contribution is 0.176. The number of methoxy groups -OCH3 is 2. The van der Waals surface area contributed by atoms with Crippen LogP contribution in [-0.2, 0) is 18.0 Å². The molecule has 1 aromatic carbocycles. The molecule has 7 heteroatoms. The molecule has 2 rings (SSSR count). The maximum Gasteiger partial charge on any atom is 0.219 e. The highest BCUT2D eigenvalue weighted by atomic mass is 16.5. The predicted molar refractivity (Wildman–Crippen MR) is 77.9 cm³/mol. The number of nitrogens with zero attached hydrogens (tertiary/aromatic N) is 2. The molecule has 0 saturated heterocycles. The first-order valence-electron chi connectivity index (χ1n) is 6.34. The van der Waals surface area contributed by atoms with Crippen LogP contribution in [0.4, 0.5) is 5.82 Å². The molecule has 0 saturated carbocycles. The fraction of sp³-hybridized carbons (Fsp3) is 0.286. The number of rotatable bonds is 7. The summed E-state index contributed by atoms with van der Waals surface area (Å²) in [5.41, 5.74) is 3.48. The van der Waals surface area contributed by atoms with Crippen molar-refractivity contribution in [1.29, 1.82) is 0 Å². The lowest BCUT2D eigenvalue weighted by atomic mass is 10.2. The van der Waals surface area contributed by atoms with Crippen molar-refractivity contribution in [1.82, 2.24) is 9.97 Å². The van der Waals surface area contributed by atoms with Crippen LogP contribution in [0.25, 0.3) is 0 Å². The van der Waals surface area contributed by atoms with E-state index in [-0.39, 0.29) is 6.61 Å². The molecule has 1 aromatic heterocycles. The molecule has 0 atom stereocenters. The molecule has 0 amide bonds. The normalized spacial score (nSPS) is 10.2. The summed E-state index contributed by atoms with van der Waals surface area (Å²) in [4.78, 5) is 8.39. The molecule has 112 valence electrons. The molecule has 0 radical (unpaired) electrons. The monoisotopic (exact) mass is 290 g/mol. The average Bonchev–Trinajstić information content (AvgIpc) is 2.53. The lowest BCUT2D eigenvalue weighted by Gasteiger charge is -2.09. The summed E-state index contributed by atoms with van der Waals surface area (Å²) in [7, 11) is 3.20. The summed E-state index contributed by atoms with van der Waals surface area (Å²) in [5, 5.41) is 0. The van der Waals surface area contributed by atoms with Crippen LogP contribution >= 0.6 is 0 Å². The van der Waals surface area contributed by atoms with E-state index in [1.54, 1.807) is 20.3 Å². The summed E-state index contributed by atoms with van der Waals surface area (Å²) in [6.07, 6.45) is 0. The molecule has 7 nitrogen and oxygen atoms in total. The van der Waals surface area contributed by atoms with Gasteiger partial charge in [0.05, 0.1) is 7.11 Å². The minimum Gasteiger partial charge on any atom is -0.497 e. The lowest BCUT2D eigenvalue weighted by Crippen LogP contribution is -2.11. The van der Waals surface area contributed by atoms with Crippen molar-refractivity contribution in [3.63, 3.8) is 0 Å². The van der Waals surface area contributed by atoms with Gasteiger partial charge in [-0.2, -0.15) is 4.98 Å². The second-order valence-electron chi connectivity index (χ2n) is 4.22. The van der Waals surface area contributed by atoms with Crippen molar-refractivity contribution in [3.05, 3.63) is 41.7 Å². The molecule has 1 heterocycles. The Balaban J connectivity index is 2.05. The fourth-order valence-electron chi connectivity index (χ4n) is 1.69. The van der Waals surface area contributed by atoms with Gasteiger partial charge in [0.25, 0.3) is 0 Å². The van der Waals surface area contributed by atoms with E-state index >= 15 is 0 Å². The van der Waals surface area contributed by atoms with Crippen LogP contribution < -0.4 is 20.7 Å². The average molecular weight is 290 g/mol. The van der Waals surface area contributed by atoms with Crippen molar-refractivity contribution >= 4 is 5.82 Å². The van der Waals surface area contributed by atoms with Crippen LogP contribution in [0.1, 0.15) is 11.4 Å². The van der Waals surface area contributed by atoms with Crippen molar-refractivity contribution in [3.8, 4) is 11.6 Å². The summed E-state index contributed by atoms with van der Waals surface area (Å²) in [6.45, 7) is 0.672. The van der Waals surface area contributed by atoms with E-state index in [9.17, 15) is 0 Å². The molecule has 0 spiro atoms. The minimum absolute atomic E-state index is 0.286. The Morgan fingerprint density at radius 1 is 1.10 bits per heavy atom. The van der Waals surface area contributed by atoms with Crippen molar-refractivity contribution < 1.29 is 14.2 Å².